The lowest BCUT2D eigenvalue weighted by atomic mass is 10.1. The van der Waals surface area contributed by atoms with Crippen molar-refractivity contribution in [2.45, 2.75) is 38.6 Å². The summed E-state index contributed by atoms with van der Waals surface area (Å²) in [6, 6.07) is 7.99. The van der Waals surface area contributed by atoms with Crippen molar-refractivity contribution in [1.29, 1.82) is 0 Å². The number of hydrogen-bond donors (Lipinski definition) is 1. The van der Waals surface area contributed by atoms with Crippen LogP contribution in [0.5, 0.6) is 5.75 Å². The van der Waals surface area contributed by atoms with Gasteiger partial charge in [-0.25, -0.2) is 4.79 Å². The van der Waals surface area contributed by atoms with Crippen LogP contribution < -0.4 is 10.5 Å². The van der Waals surface area contributed by atoms with Crippen LogP contribution in [0.1, 0.15) is 44.2 Å². The number of esters is 1. The summed E-state index contributed by atoms with van der Waals surface area (Å²) in [6.07, 6.45) is 4.29. The summed E-state index contributed by atoms with van der Waals surface area (Å²) in [5.74, 6) is 0.499. The fourth-order valence-electron chi connectivity index (χ4n) is 2.39. The molecule has 0 amide bonds. The van der Waals surface area contributed by atoms with Gasteiger partial charge in [0.25, 0.3) is 0 Å². The van der Waals surface area contributed by atoms with Gasteiger partial charge in [0, 0.05) is 12.6 Å². The summed E-state index contributed by atoms with van der Waals surface area (Å²) in [4.78, 5) is 10.8. The maximum atomic E-state index is 10.8. The smallest absolute Gasteiger partial charge is 0.331 e. The maximum Gasteiger partial charge on any atom is 0.331 e. The Morgan fingerprint density at radius 1 is 0.929 bits per heavy atom. The molecule has 0 spiro atoms. The number of carbonyl (C=O) groups is 1. The minimum absolute atomic E-state index is 0.0221. The molecule has 1 aromatic rings. The van der Waals surface area contributed by atoms with Gasteiger partial charge in [0.1, 0.15) is 12.4 Å². The molecule has 0 saturated carbocycles. The van der Waals surface area contributed by atoms with Crippen molar-refractivity contribution in [3.8, 4) is 5.75 Å². The van der Waals surface area contributed by atoms with Crippen molar-refractivity contribution in [2.75, 3.05) is 53.4 Å². The molecule has 0 aliphatic carbocycles. The van der Waals surface area contributed by atoms with Gasteiger partial charge >= 0.3 is 5.97 Å². The number of carbonyl (C=O) groups excluding carboxylic acids is 1. The molecular weight excluding hydrogens is 362 g/mol. The van der Waals surface area contributed by atoms with Crippen LogP contribution in [0.25, 0.3) is 0 Å². The second-order valence-corrected chi connectivity index (χ2v) is 6.48. The van der Waals surface area contributed by atoms with E-state index in [2.05, 4.69) is 4.74 Å². The number of hydrogen-bond acceptors (Lipinski definition) is 7. The molecule has 1 aromatic carbocycles. The average Bonchev–Trinajstić information content (AvgIpc) is 2.70. The number of ether oxygens (including phenoxy) is 5. The third-order valence-electron chi connectivity index (χ3n) is 4.03. The Balaban J connectivity index is 1.83. The van der Waals surface area contributed by atoms with Crippen LogP contribution in [-0.4, -0.2) is 59.3 Å². The lowest BCUT2D eigenvalue weighted by molar-refractivity contribution is -0.146. The first-order valence-corrected chi connectivity index (χ1v) is 9.92. The van der Waals surface area contributed by atoms with Crippen LogP contribution in [0.3, 0.4) is 0 Å². The summed E-state index contributed by atoms with van der Waals surface area (Å²) in [5.41, 5.74) is 6.97. The van der Waals surface area contributed by atoms with Gasteiger partial charge in [-0.05, 0) is 43.9 Å². The first kappa shape index (κ1) is 24.4. The topological polar surface area (TPSA) is 89.2 Å². The molecule has 0 aliphatic heterocycles. The van der Waals surface area contributed by atoms with E-state index in [1.54, 1.807) is 0 Å². The molecule has 7 heteroatoms. The van der Waals surface area contributed by atoms with E-state index in [4.69, 9.17) is 24.7 Å². The molecule has 0 saturated heterocycles. The molecule has 0 heterocycles. The highest BCUT2D eigenvalue weighted by molar-refractivity contribution is 5.70. The Labute approximate surface area is 168 Å². The normalized spacial score (nSPS) is 12.0. The Morgan fingerprint density at radius 3 is 2.25 bits per heavy atom. The molecule has 0 radical (unpaired) electrons. The zero-order valence-electron chi connectivity index (χ0n) is 17.2. The second-order valence-electron chi connectivity index (χ2n) is 6.48. The first-order chi connectivity index (χ1) is 13.6. The van der Waals surface area contributed by atoms with E-state index < -0.39 is 0 Å². The van der Waals surface area contributed by atoms with Crippen LogP contribution in [0.2, 0.25) is 0 Å². The molecule has 7 nitrogen and oxygen atoms in total. The highest BCUT2D eigenvalue weighted by Crippen LogP contribution is 2.17. The van der Waals surface area contributed by atoms with E-state index >= 15 is 0 Å². The summed E-state index contributed by atoms with van der Waals surface area (Å²) in [7, 11) is 1.33. The largest absolute Gasteiger partial charge is 0.494 e. The quantitative estimate of drug-likeness (QED) is 0.319. The summed E-state index contributed by atoms with van der Waals surface area (Å²) >= 11 is 0. The number of methoxy groups -OCH3 is 1. The van der Waals surface area contributed by atoms with Crippen molar-refractivity contribution in [3.05, 3.63) is 29.8 Å². The van der Waals surface area contributed by atoms with Crippen molar-refractivity contribution in [2.24, 2.45) is 5.73 Å². The van der Waals surface area contributed by atoms with Crippen LogP contribution in [0, 0.1) is 0 Å². The SMILES string of the molecule is COC(=O)COCCOCCOCCCCCCOc1cccc([C@@H](C)N)c1. The second kappa shape index (κ2) is 16.3. The highest BCUT2D eigenvalue weighted by atomic mass is 16.6. The van der Waals surface area contributed by atoms with Crippen molar-refractivity contribution >= 4 is 5.97 Å². The molecule has 0 unspecified atom stereocenters. The van der Waals surface area contributed by atoms with Crippen molar-refractivity contribution in [1.82, 2.24) is 0 Å². The first-order valence-electron chi connectivity index (χ1n) is 9.92. The molecular formula is C21H35NO6. The molecule has 2 N–H and O–H groups in total. The van der Waals surface area contributed by atoms with Gasteiger partial charge in [0.2, 0.25) is 0 Å². The van der Waals surface area contributed by atoms with Crippen LogP contribution >= 0.6 is 0 Å². The predicted molar refractivity (Wildman–Crippen MR) is 107 cm³/mol. The molecule has 0 bridgehead atoms. The molecule has 28 heavy (non-hydrogen) atoms. The van der Waals surface area contributed by atoms with Gasteiger partial charge in [-0.1, -0.05) is 18.6 Å². The zero-order chi connectivity index (χ0) is 20.5. The number of benzene rings is 1. The summed E-state index contributed by atoms with van der Waals surface area (Å²) in [6.45, 7) is 5.27. The zero-order valence-corrected chi connectivity index (χ0v) is 17.2. The van der Waals surface area contributed by atoms with Crippen molar-refractivity contribution < 1.29 is 28.5 Å². The van der Waals surface area contributed by atoms with Gasteiger partial charge in [-0.3, -0.25) is 0 Å². The lowest BCUT2D eigenvalue weighted by Crippen LogP contribution is -2.14. The van der Waals surface area contributed by atoms with E-state index in [1.807, 2.05) is 31.2 Å². The van der Waals surface area contributed by atoms with Crippen LogP contribution in [0.4, 0.5) is 0 Å². The van der Waals surface area contributed by atoms with Gasteiger partial charge in [-0.15, -0.1) is 0 Å². The third kappa shape index (κ3) is 12.7. The van der Waals surface area contributed by atoms with E-state index in [9.17, 15) is 4.79 Å². The van der Waals surface area contributed by atoms with Gasteiger partial charge in [0.05, 0.1) is 40.1 Å². The van der Waals surface area contributed by atoms with Crippen molar-refractivity contribution in [3.63, 3.8) is 0 Å². The van der Waals surface area contributed by atoms with E-state index in [-0.39, 0.29) is 18.6 Å². The maximum absolute atomic E-state index is 10.8. The molecule has 1 rings (SSSR count). The Kier molecular flexibility index (Phi) is 14.2. The summed E-state index contributed by atoms with van der Waals surface area (Å²) in [5, 5.41) is 0. The lowest BCUT2D eigenvalue weighted by Gasteiger charge is -2.10. The Bertz CT molecular complexity index is 523. The third-order valence-corrected chi connectivity index (χ3v) is 4.03. The van der Waals surface area contributed by atoms with Gasteiger partial charge < -0.3 is 29.4 Å². The van der Waals surface area contributed by atoms with Gasteiger partial charge in [0.15, 0.2) is 0 Å². The summed E-state index contributed by atoms with van der Waals surface area (Å²) < 4.78 is 26.2. The number of unbranched alkanes of at least 4 members (excludes halogenated alkanes) is 3. The number of rotatable bonds is 17. The minimum atomic E-state index is -0.384. The van der Waals surface area contributed by atoms with E-state index in [0.29, 0.717) is 26.4 Å². The fraction of sp³-hybridized carbons (Fsp3) is 0.667. The molecule has 1 atom stereocenters. The highest BCUT2D eigenvalue weighted by Gasteiger charge is 2.01. The molecule has 0 aromatic heterocycles. The van der Waals surface area contributed by atoms with E-state index in [1.165, 1.54) is 7.11 Å². The Hall–Kier alpha value is -1.67. The standard InChI is InChI=1S/C21H35NO6/c1-18(22)19-8-7-9-20(16-19)28-11-6-4-3-5-10-25-12-13-26-14-15-27-17-21(23)24-2/h7-9,16,18H,3-6,10-15,17,22H2,1-2H3/t18-/m1/s1. The minimum Gasteiger partial charge on any atom is -0.494 e. The predicted octanol–water partition coefficient (Wildman–Crippen LogP) is 2.87. The fourth-order valence-corrected chi connectivity index (χ4v) is 2.39. The average molecular weight is 398 g/mol. The molecule has 0 aliphatic rings. The van der Waals surface area contributed by atoms with Crippen LogP contribution in [-0.2, 0) is 23.7 Å². The van der Waals surface area contributed by atoms with Gasteiger partial charge in [-0.2, -0.15) is 0 Å². The monoisotopic (exact) mass is 397 g/mol. The number of nitrogens with two attached hydrogens (primary N) is 1. The van der Waals surface area contributed by atoms with E-state index in [0.717, 1.165) is 50.2 Å². The molecule has 160 valence electrons. The molecule has 0 fully saturated rings. The van der Waals surface area contributed by atoms with Crippen LogP contribution in [0.15, 0.2) is 24.3 Å². The Morgan fingerprint density at radius 2 is 1.57 bits per heavy atom.